The summed E-state index contributed by atoms with van der Waals surface area (Å²) < 4.78 is 5.28. The van der Waals surface area contributed by atoms with Crippen LogP contribution in [0.5, 0.6) is 5.75 Å². The molecule has 0 aromatic heterocycles. The van der Waals surface area contributed by atoms with Crippen LogP contribution in [0.1, 0.15) is 20.8 Å². The third-order valence-electron chi connectivity index (χ3n) is 2.63. The van der Waals surface area contributed by atoms with Crippen molar-refractivity contribution in [2.75, 3.05) is 11.9 Å². The number of carbonyl (C=O) groups is 2. The van der Waals surface area contributed by atoms with Crippen LogP contribution in [0, 0.1) is 5.92 Å². The van der Waals surface area contributed by atoms with Gasteiger partial charge in [0.25, 0.3) is 0 Å². The van der Waals surface area contributed by atoms with Gasteiger partial charge in [-0.25, -0.2) is 4.79 Å². The Labute approximate surface area is 118 Å². The summed E-state index contributed by atoms with van der Waals surface area (Å²) in [4.78, 5) is 22.6. The monoisotopic (exact) mass is 279 g/mol. The minimum atomic E-state index is -1.30. The molecule has 2 amide bonds. The first kappa shape index (κ1) is 15.8. The van der Waals surface area contributed by atoms with E-state index in [1.807, 2.05) is 6.92 Å². The van der Waals surface area contributed by atoms with Gasteiger partial charge in [-0.3, -0.25) is 0 Å². The maximum Gasteiger partial charge on any atom is 0.319 e. The predicted molar refractivity (Wildman–Crippen MR) is 73.4 cm³/mol. The van der Waals surface area contributed by atoms with E-state index < -0.39 is 18.0 Å². The minimum absolute atomic E-state index is 0.258. The topological polar surface area (TPSA) is 90.5 Å². The number of benzene rings is 1. The van der Waals surface area contributed by atoms with Crippen LogP contribution < -0.4 is 20.5 Å². The molecule has 0 aliphatic rings. The summed E-state index contributed by atoms with van der Waals surface area (Å²) >= 11 is 0. The Hall–Kier alpha value is -2.24. The van der Waals surface area contributed by atoms with Crippen LogP contribution >= 0.6 is 0 Å². The van der Waals surface area contributed by atoms with E-state index >= 15 is 0 Å². The zero-order chi connectivity index (χ0) is 15.1. The quantitative estimate of drug-likeness (QED) is 0.812. The Morgan fingerprint density at radius 2 is 1.85 bits per heavy atom. The number of ether oxygens (including phenoxy) is 1. The molecule has 0 aliphatic carbocycles. The second-order valence-electron chi connectivity index (χ2n) is 4.60. The van der Waals surface area contributed by atoms with Gasteiger partial charge in [0.2, 0.25) is 0 Å². The number of amides is 2. The van der Waals surface area contributed by atoms with Crippen LogP contribution in [0.15, 0.2) is 24.3 Å². The Kier molecular flexibility index (Phi) is 5.83. The van der Waals surface area contributed by atoms with Crippen molar-refractivity contribution in [1.29, 1.82) is 0 Å². The molecule has 110 valence electrons. The van der Waals surface area contributed by atoms with Gasteiger partial charge in [-0.2, -0.15) is 0 Å². The molecule has 2 N–H and O–H groups in total. The predicted octanol–water partition coefficient (Wildman–Crippen LogP) is 0.981. The third-order valence-corrected chi connectivity index (χ3v) is 2.63. The van der Waals surface area contributed by atoms with Gasteiger partial charge in [0, 0.05) is 5.69 Å². The average Bonchev–Trinajstić information content (AvgIpc) is 2.38. The Morgan fingerprint density at radius 1 is 1.25 bits per heavy atom. The second kappa shape index (κ2) is 7.37. The van der Waals surface area contributed by atoms with Gasteiger partial charge in [0.1, 0.15) is 5.75 Å². The van der Waals surface area contributed by atoms with Gasteiger partial charge in [-0.05, 0) is 37.1 Å². The molecule has 1 aromatic rings. The fourth-order valence-corrected chi connectivity index (χ4v) is 1.61. The molecule has 0 saturated carbocycles. The fourth-order valence-electron chi connectivity index (χ4n) is 1.61. The van der Waals surface area contributed by atoms with Crippen molar-refractivity contribution >= 4 is 17.7 Å². The maximum atomic E-state index is 11.7. The first-order chi connectivity index (χ1) is 9.43. The normalized spacial score (nSPS) is 11.8. The van der Waals surface area contributed by atoms with Crippen LogP contribution in [0.4, 0.5) is 10.5 Å². The van der Waals surface area contributed by atoms with Gasteiger partial charge in [-0.1, -0.05) is 13.8 Å². The van der Waals surface area contributed by atoms with E-state index in [1.54, 1.807) is 38.1 Å². The molecule has 0 spiro atoms. The van der Waals surface area contributed by atoms with Gasteiger partial charge in [0.15, 0.2) is 0 Å². The van der Waals surface area contributed by atoms with E-state index in [9.17, 15) is 14.7 Å². The highest BCUT2D eigenvalue weighted by Gasteiger charge is 2.17. The first-order valence-electron chi connectivity index (χ1n) is 6.45. The largest absolute Gasteiger partial charge is 0.548 e. The van der Waals surface area contributed by atoms with E-state index in [4.69, 9.17) is 4.74 Å². The highest BCUT2D eigenvalue weighted by atomic mass is 16.5. The molecule has 0 saturated heterocycles. The lowest BCUT2D eigenvalue weighted by atomic mass is 10.1. The molecule has 1 atom stereocenters. The van der Waals surface area contributed by atoms with Crippen molar-refractivity contribution in [1.82, 2.24) is 5.32 Å². The van der Waals surface area contributed by atoms with E-state index in [0.29, 0.717) is 18.0 Å². The van der Waals surface area contributed by atoms with Crippen molar-refractivity contribution in [3.63, 3.8) is 0 Å². The molecule has 6 heteroatoms. The number of nitrogens with one attached hydrogen (secondary N) is 2. The van der Waals surface area contributed by atoms with Gasteiger partial charge >= 0.3 is 6.03 Å². The smallest absolute Gasteiger partial charge is 0.319 e. The van der Waals surface area contributed by atoms with E-state index in [0.717, 1.165) is 0 Å². The molecule has 1 aromatic carbocycles. The average molecular weight is 279 g/mol. The number of rotatable bonds is 6. The number of carbonyl (C=O) groups excluding carboxylic acids is 2. The number of carboxylic acids is 1. The summed E-state index contributed by atoms with van der Waals surface area (Å²) in [5, 5.41) is 15.8. The summed E-state index contributed by atoms with van der Waals surface area (Å²) in [6.45, 7) is 5.83. The highest BCUT2D eigenvalue weighted by molar-refractivity contribution is 5.92. The minimum Gasteiger partial charge on any atom is -0.548 e. The van der Waals surface area contributed by atoms with Crippen LogP contribution in [-0.2, 0) is 4.79 Å². The second-order valence-corrected chi connectivity index (χ2v) is 4.60. The molecule has 1 rings (SSSR count). The Bertz CT molecular complexity index is 457. The van der Waals surface area contributed by atoms with Gasteiger partial charge in [-0.15, -0.1) is 0 Å². The van der Waals surface area contributed by atoms with Crippen molar-refractivity contribution in [2.45, 2.75) is 26.8 Å². The number of hydrogen-bond donors (Lipinski definition) is 2. The van der Waals surface area contributed by atoms with Crippen molar-refractivity contribution < 1.29 is 19.4 Å². The van der Waals surface area contributed by atoms with E-state index in [1.165, 1.54) is 0 Å². The third kappa shape index (κ3) is 4.79. The molecule has 0 bridgehead atoms. The molecule has 20 heavy (non-hydrogen) atoms. The highest BCUT2D eigenvalue weighted by Crippen LogP contribution is 2.15. The Balaban J connectivity index is 2.59. The summed E-state index contributed by atoms with van der Waals surface area (Å²) in [5.74, 6) is -0.860. The number of urea groups is 1. The molecule has 0 unspecified atom stereocenters. The first-order valence-corrected chi connectivity index (χ1v) is 6.45. The van der Waals surface area contributed by atoms with Crippen LogP contribution in [0.25, 0.3) is 0 Å². The van der Waals surface area contributed by atoms with Gasteiger partial charge < -0.3 is 25.3 Å². The van der Waals surface area contributed by atoms with E-state index in [-0.39, 0.29) is 5.92 Å². The molecule has 6 nitrogen and oxygen atoms in total. The number of aliphatic carboxylic acids is 1. The SMILES string of the molecule is CCOc1ccc(NC(=O)N[C@H](C(=O)[O-])C(C)C)cc1. The van der Waals surface area contributed by atoms with E-state index in [2.05, 4.69) is 10.6 Å². The van der Waals surface area contributed by atoms with Crippen molar-refractivity contribution in [3.8, 4) is 5.75 Å². The lowest BCUT2D eigenvalue weighted by Gasteiger charge is -2.23. The standard InChI is InChI=1S/C14H20N2O4/c1-4-20-11-7-5-10(6-8-11)15-14(19)16-12(9(2)3)13(17)18/h5-9,12H,4H2,1-3H3,(H,17,18)(H2,15,16,19)/p-1/t12-/m0/s1. The lowest BCUT2D eigenvalue weighted by Crippen LogP contribution is -2.51. The van der Waals surface area contributed by atoms with Crippen LogP contribution in [-0.4, -0.2) is 24.6 Å². The summed E-state index contributed by atoms with van der Waals surface area (Å²) in [7, 11) is 0. The molecular formula is C14H19N2O4-. The lowest BCUT2D eigenvalue weighted by molar-refractivity contribution is -0.309. The molecule has 0 heterocycles. The fraction of sp³-hybridized carbons (Fsp3) is 0.429. The molecule has 0 aliphatic heterocycles. The number of hydrogen-bond acceptors (Lipinski definition) is 4. The number of carboxylic acid groups (broad SMARTS) is 1. The zero-order valence-electron chi connectivity index (χ0n) is 11.8. The maximum absolute atomic E-state index is 11.7. The Morgan fingerprint density at radius 3 is 2.30 bits per heavy atom. The van der Waals surface area contributed by atoms with Gasteiger partial charge in [0.05, 0.1) is 18.6 Å². The summed E-state index contributed by atoms with van der Waals surface area (Å²) in [6.07, 6.45) is 0. The summed E-state index contributed by atoms with van der Waals surface area (Å²) in [6, 6.07) is 5.17. The summed E-state index contributed by atoms with van der Waals surface area (Å²) in [5.41, 5.74) is 0.548. The zero-order valence-corrected chi connectivity index (χ0v) is 11.8. The van der Waals surface area contributed by atoms with Crippen LogP contribution in [0.3, 0.4) is 0 Å². The van der Waals surface area contributed by atoms with Crippen LogP contribution in [0.2, 0.25) is 0 Å². The number of anilines is 1. The van der Waals surface area contributed by atoms with Crippen molar-refractivity contribution in [2.24, 2.45) is 5.92 Å². The van der Waals surface area contributed by atoms with Crippen molar-refractivity contribution in [3.05, 3.63) is 24.3 Å². The molecule has 0 fully saturated rings. The molecular weight excluding hydrogens is 260 g/mol. The molecule has 0 radical (unpaired) electrons.